The van der Waals surface area contributed by atoms with Crippen LogP contribution in [-0.4, -0.2) is 34.2 Å². The van der Waals surface area contributed by atoms with E-state index in [1.54, 1.807) is 0 Å². The fourth-order valence-corrected chi connectivity index (χ4v) is 3.51. The van der Waals surface area contributed by atoms with E-state index in [0.29, 0.717) is 17.6 Å². The molecule has 0 aliphatic carbocycles. The summed E-state index contributed by atoms with van der Waals surface area (Å²) in [7, 11) is 0. The van der Waals surface area contributed by atoms with Crippen LogP contribution in [-0.2, 0) is 0 Å². The monoisotopic (exact) mass is 270 g/mol. The molecule has 3 N–H and O–H groups in total. The van der Waals surface area contributed by atoms with Gasteiger partial charge >= 0.3 is 0 Å². The number of aromatic nitrogens is 2. The highest BCUT2D eigenvalue weighted by Crippen LogP contribution is 2.28. The van der Waals surface area contributed by atoms with Gasteiger partial charge in [-0.2, -0.15) is 5.10 Å². The van der Waals surface area contributed by atoms with Gasteiger partial charge in [0.1, 0.15) is 0 Å². The summed E-state index contributed by atoms with van der Waals surface area (Å²) in [5.41, 5.74) is 2.61. The van der Waals surface area contributed by atoms with E-state index in [2.05, 4.69) is 20.8 Å². The highest BCUT2D eigenvalue weighted by molar-refractivity contribution is 5.98. The van der Waals surface area contributed by atoms with E-state index >= 15 is 0 Å². The molecule has 1 aromatic heterocycles. The van der Waals surface area contributed by atoms with Crippen LogP contribution in [0.4, 0.5) is 0 Å². The van der Waals surface area contributed by atoms with Gasteiger partial charge in [0.25, 0.3) is 5.91 Å². The number of rotatable bonds is 2. The first-order chi connectivity index (χ1) is 9.70. The Balaban J connectivity index is 1.56. The van der Waals surface area contributed by atoms with Gasteiger partial charge in [-0.1, -0.05) is 0 Å². The summed E-state index contributed by atoms with van der Waals surface area (Å²) < 4.78 is 0. The van der Waals surface area contributed by atoms with Crippen molar-refractivity contribution in [2.75, 3.05) is 0 Å². The lowest BCUT2D eigenvalue weighted by Crippen LogP contribution is -2.42. The number of hydrogen-bond acceptors (Lipinski definition) is 3. The first-order valence-electron chi connectivity index (χ1n) is 7.22. The van der Waals surface area contributed by atoms with Crippen LogP contribution in [0.5, 0.6) is 0 Å². The van der Waals surface area contributed by atoms with Crippen molar-refractivity contribution in [2.24, 2.45) is 0 Å². The number of carbonyl (C=O) groups is 1. The zero-order valence-electron chi connectivity index (χ0n) is 11.4. The van der Waals surface area contributed by atoms with Gasteiger partial charge in [-0.15, -0.1) is 0 Å². The van der Waals surface area contributed by atoms with Gasteiger partial charge in [-0.05, 0) is 44.4 Å². The van der Waals surface area contributed by atoms with Crippen molar-refractivity contribution in [1.82, 2.24) is 20.8 Å². The number of benzene rings is 1. The van der Waals surface area contributed by atoms with Gasteiger partial charge in [0.2, 0.25) is 0 Å². The zero-order valence-corrected chi connectivity index (χ0v) is 11.4. The topological polar surface area (TPSA) is 69.8 Å². The molecule has 2 bridgehead atoms. The van der Waals surface area contributed by atoms with Gasteiger partial charge < -0.3 is 10.6 Å². The number of fused-ring (bicyclic) bond motifs is 3. The largest absolute Gasteiger partial charge is 0.348 e. The molecule has 2 aromatic rings. The maximum Gasteiger partial charge on any atom is 0.251 e. The van der Waals surface area contributed by atoms with Crippen molar-refractivity contribution in [2.45, 2.75) is 44.3 Å². The molecule has 0 saturated carbocycles. The summed E-state index contributed by atoms with van der Waals surface area (Å²) in [6, 6.07) is 7.00. The first kappa shape index (κ1) is 11.9. The quantitative estimate of drug-likeness (QED) is 0.774. The van der Waals surface area contributed by atoms with Crippen LogP contribution in [0.2, 0.25) is 0 Å². The molecule has 0 unspecified atom stereocenters. The summed E-state index contributed by atoms with van der Waals surface area (Å²) >= 11 is 0. The smallest absolute Gasteiger partial charge is 0.251 e. The minimum atomic E-state index is 0.0202. The molecule has 1 amide bonds. The SMILES string of the molecule is Cc1[nH]nc2ccc(C(=O)N[C@@H]3C[C@H]4CC[C@@H]3N4)cc12. The molecule has 5 nitrogen and oxygen atoms in total. The molecule has 3 heterocycles. The molecule has 20 heavy (non-hydrogen) atoms. The van der Waals surface area contributed by atoms with Gasteiger partial charge in [-0.3, -0.25) is 9.89 Å². The van der Waals surface area contributed by atoms with Crippen LogP contribution < -0.4 is 10.6 Å². The minimum absolute atomic E-state index is 0.0202. The van der Waals surface area contributed by atoms with Crippen LogP contribution in [0.3, 0.4) is 0 Å². The number of carbonyl (C=O) groups excluding carboxylic acids is 1. The Morgan fingerprint density at radius 2 is 2.30 bits per heavy atom. The lowest BCUT2D eigenvalue weighted by atomic mass is 9.95. The normalized spacial score (nSPS) is 28.1. The van der Waals surface area contributed by atoms with E-state index in [0.717, 1.165) is 23.0 Å². The molecular formula is C15H18N4O. The number of hydrogen-bond donors (Lipinski definition) is 3. The fourth-order valence-electron chi connectivity index (χ4n) is 3.51. The Hall–Kier alpha value is -1.88. The molecule has 1 aromatic carbocycles. The van der Waals surface area contributed by atoms with Gasteiger partial charge in [0.05, 0.1) is 5.52 Å². The minimum Gasteiger partial charge on any atom is -0.348 e. The van der Waals surface area contributed by atoms with Gasteiger partial charge in [-0.25, -0.2) is 0 Å². The number of nitrogens with zero attached hydrogens (tertiary/aromatic N) is 1. The number of amides is 1. The van der Waals surface area contributed by atoms with Crippen molar-refractivity contribution in [3.8, 4) is 0 Å². The van der Waals surface area contributed by atoms with Gasteiger partial charge in [0.15, 0.2) is 0 Å². The third-order valence-corrected chi connectivity index (χ3v) is 4.62. The summed E-state index contributed by atoms with van der Waals surface area (Å²) in [4.78, 5) is 12.4. The van der Waals surface area contributed by atoms with E-state index < -0.39 is 0 Å². The van der Waals surface area contributed by atoms with Crippen molar-refractivity contribution >= 4 is 16.8 Å². The molecule has 5 heteroatoms. The van der Waals surface area contributed by atoms with Crippen molar-refractivity contribution in [1.29, 1.82) is 0 Å². The van der Waals surface area contributed by atoms with Crippen LogP contribution in [0.1, 0.15) is 35.3 Å². The van der Waals surface area contributed by atoms with E-state index in [1.165, 1.54) is 12.8 Å². The Bertz CT molecular complexity index is 678. The van der Waals surface area contributed by atoms with E-state index in [9.17, 15) is 4.79 Å². The lowest BCUT2D eigenvalue weighted by molar-refractivity contribution is 0.0931. The van der Waals surface area contributed by atoms with Crippen molar-refractivity contribution in [3.63, 3.8) is 0 Å². The second-order valence-corrected chi connectivity index (χ2v) is 5.94. The molecular weight excluding hydrogens is 252 g/mol. The highest BCUT2D eigenvalue weighted by atomic mass is 16.1. The van der Waals surface area contributed by atoms with E-state index in [1.807, 2.05) is 25.1 Å². The number of aryl methyl sites for hydroxylation is 1. The zero-order chi connectivity index (χ0) is 13.7. The van der Waals surface area contributed by atoms with Crippen LogP contribution >= 0.6 is 0 Å². The predicted molar refractivity (Wildman–Crippen MR) is 76.6 cm³/mol. The first-order valence-corrected chi connectivity index (χ1v) is 7.22. The van der Waals surface area contributed by atoms with Crippen molar-refractivity contribution in [3.05, 3.63) is 29.5 Å². The van der Waals surface area contributed by atoms with Gasteiger partial charge in [0, 0.05) is 34.8 Å². The summed E-state index contributed by atoms with van der Waals surface area (Å²) in [6.45, 7) is 1.97. The predicted octanol–water partition coefficient (Wildman–Crippen LogP) is 1.49. The molecule has 2 aliphatic rings. The Morgan fingerprint density at radius 3 is 3.05 bits per heavy atom. The molecule has 3 atom stereocenters. The molecule has 2 saturated heterocycles. The lowest BCUT2D eigenvalue weighted by Gasteiger charge is -2.21. The number of aromatic amines is 1. The Kier molecular flexibility index (Phi) is 2.57. The molecule has 2 fully saturated rings. The standard InChI is InChI=1S/C15H18N4O/c1-8-11-6-9(2-4-12(11)19-18-8)15(20)17-14-7-10-3-5-13(14)16-10/h2,4,6,10,13-14,16H,3,5,7H2,1H3,(H,17,20)(H,18,19)/t10-,13+,14-/m1/s1. The highest BCUT2D eigenvalue weighted by Gasteiger charge is 2.39. The second kappa shape index (κ2) is 4.31. The molecule has 4 rings (SSSR count). The number of H-pyrrole nitrogens is 1. The molecule has 2 aliphatic heterocycles. The Labute approximate surface area is 117 Å². The average Bonchev–Trinajstić information content (AvgIpc) is 3.15. The molecule has 0 spiro atoms. The summed E-state index contributed by atoms with van der Waals surface area (Å²) in [5.74, 6) is 0.0202. The fraction of sp³-hybridized carbons (Fsp3) is 0.467. The molecule has 0 radical (unpaired) electrons. The number of nitrogens with one attached hydrogen (secondary N) is 3. The third kappa shape index (κ3) is 1.81. The van der Waals surface area contributed by atoms with E-state index in [-0.39, 0.29) is 11.9 Å². The molecule has 104 valence electrons. The van der Waals surface area contributed by atoms with Crippen LogP contribution in [0.15, 0.2) is 18.2 Å². The maximum atomic E-state index is 12.4. The summed E-state index contributed by atoms with van der Waals surface area (Å²) in [5, 5.41) is 14.9. The van der Waals surface area contributed by atoms with Crippen molar-refractivity contribution < 1.29 is 4.79 Å². The summed E-state index contributed by atoms with van der Waals surface area (Å²) in [6.07, 6.45) is 3.48. The maximum absolute atomic E-state index is 12.4. The Morgan fingerprint density at radius 1 is 1.40 bits per heavy atom. The van der Waals surface area contributed by atoms with Crippen LogP contribution in [0, 0.1) is 6.92 Å². The second-order valence-electron chi connectivity index (χ2n) is 5.94. The average molecular weight is 270 g/mol. The third-order valence-electron chi connectivity index (χ3n) is 4.62. The van der Waals surface area contributed by atoms with E-state index in [4.69, 9.17) is 0 Å². The van der Waals surface area contributed by atoms with Crippen LogP contribution in [0.25, 0.3) is 10.9 Å².